The van der Waals surface area contributed by atoms with Crippen molar-refractivity contribution in [1.82, 2.24) is 4.98 Å². The predicted octanol–water partition coefficient (Wildman–Crippen LogP) is 2.90. The fourth-order valence-corrected chi connectivity index (χ4v) is 2.65. The van der Waals surface area contributed by atoms with E-state index in [1.54, 1.807) is 18.4 Å². The Hall–Kier alpha value is -0.450. The van der Waals surface area contributed by atoms with Crippen molar-refractivity contribution in [3.63, 3.8) is 0 Å². The van der Waals surface area contributed by atoms with Crippen LogP contribution in [0.1, 0.15) is 49.7 Å². The first-order chi connectivity index (χ1) is 6.86. The minimum Gasteiger partial charge on any atom is -0.374 e. The third-order valence-electron chi connectivity index (χ3n) is 2.24. The molecule has 3 nitrogen and oxygen atoms in total. The highest BCUT2D eigenvalue weighted by Crippen LogP contribution is 2.37. The smallest absolute Gasteiger partial charge is 0.122 e. The third-order valence-corrected chi connectivity index (χ3v) is 3.48. The lowest BCUT2D eigenvalue weighted by Gasteiger charge is -2.27. The van der Waals surface area contributed by atoms with E-state index in [0.717, 1.165) is 9.88 Å². The monoisotopic (exact) mass is 228 g/mol. The van der Waals surface area contributed by atoms with Crippen LogP contribution in [-0.2, 0) is 4.74 Å². The zero-order valence-corrected chi connectivity index (χ0v) is 10.9. The molecule has 0 radical (unpaired) electrons. The number of rotatable bonds is 3. The van der Waals surface area contributed by atoms with Gasteiger partial charge in [-0.2, -0.15) is 0 Å². The van der Waals surface area contributed by atoms with Crippen molar-refractivity contribution in [2.45, 2.75) is 39.8 Å². The Morgan fingerprint density at radius 3 is 2.40 bits per heavy atom. The summed E-state index contributed by atoms with van der Waals surface area (Å²) in [5.41, 5.74) is 5.86. The molecule has 0 aliphatic rings. The van der Waals surface area contributed by atoms with E-state index in [4.69, 9.17) is 10.5 Å². The normalized spacial score (nSPS) is 16.4. The van der Waals surface area contributed by atoms with Gasteiger partial charge in [-0.25, -0.2) is 4.98 Å². The lowest BCUT2D eigenvalue weighted by atomic mass is 9.89. The van der Waals surface area contributed by atoms with Gasteiger partial charge in [0.15, 0.2) is 0 Å². The molecule has 0 amide bonds. The first-order valence-electron chi connectivity index (χ1n) is 5.10. The van der Waals surface area contributed by atoms with Crippen molar-refractivity contribution in [3.05, 3.63) is 16.1 Å². The Kier molecular flexibility index (Phi) is 3.87. The van der Waals surface area contributed by atoms with Gasteiger partial charge in [0, 0.05) is 24.2 Å². The van der Waals surface area contributed by atoms with Gasteiger partial charge < -0.3 is 10.5 Å². The van der Waals surface area contributed by atoms with E-state index in [9.17, 15) is 0 Å². The van der Waals surface area contributed by atoms with Crippen LogP contribution in [0, 0.1) is 5.41 Å². The summed E-state index contributed by atoms with van der Waals surface area (Å²) in [5.74, 6) is 0. The fourth-order valence-electron chi connectivity index (χ4n) is 1.46. The molecular formula is C11H20N2OS. The maximum absolute atomic E-state index is 5.81. The van der Waals surface area contributed by atoms with Crippen LogP contribution >= 0.6 is 11.3 Å². The SMILES string of the molecule is COC(c1ncc(C(C)N)s1)C(C)(C)C. The quantitative estimate of drug-likeness (QED) is 0.865. The lowest BCUT2D eigenvalue weighted by molar-refractivity contribution is 0.0150. The number of nitrogens with two attached hydrogens (primary N) is 1. The Morgan fingerprint density at radius 1 is 1.47 bits per heavy atom. The summed E-state index contributed by atoms with van der Waals surface area (Å²) in [6.45, 7) is 8.41. The van der Waals surface area contributed by atoms with Gasteiger partial charge in [-0.1, -0.05) is 20.8 Å². The van der Waals surface area contributed by atoms with E-state index in [0.29, 0.717) is 0 Å². The van der Waals surface area contributed by atoms with Crippen molar-refractivity contribution in [2.75, 3.05) is 7.11 Å². The van der Waals surface area contributed by atoms with Gasteiger partial charge in [0.1, 0.15) is 11.1 Å². The van der Waals surface area contributed by atoms with Crippen molar-refractivity contribution in [2.24, 2.45) is 11.1 Å². The molecule has 1 rings (SSSR count). The molecule has 0 fully saturated rings. The van der Waals surface area contributed by atoms with Crippen LogP contribution in [0.3, 0.4) is 0 Å². The molecule has 1 aromatic rings. The van der Waals surface area contributed by atoms with Crippen molar-refractivity contribution < 1.29 is 4.74 Å². The van der Waals surface area contributed by atoms with Crippen LogP contribution in [0.15, 0.2) is 6.20 Å². The number of ether oxygens (including phenoxy) is 1. The Labute approximate surface area is 95.7 Å². The maximum Gasteiger partial charge on any atom is 0.122 e. The molecule has 1 aromatic heterocycles. The second-order valence-corrected chi connectivity index (χ2v) is 5.97. The number of hydrogen-bond acceptors (Lipinski definition) is 4. The summed E-state index contributed by atoms with van der Waals surface area (Å²) in [6, 6.07) is 0.0497. The zero-order valence-electron chi connectivity index (χ0n) is 10.1. The number of hydrogen-bond donors (Lipinski definition) is 1. The molecule has 86 valence electrons. The van der Waals surface area contributed by atoms with Crippen LogP contribution in [-0.4, -0.2) is 12.1 Å². The van der Waals surface area contributed by atoms with Gasteiger partial charge in [-0.15, -0.1) is 11.3 Å². The Bertz CT molecular complexity index is 315. The average molecular weight is 228 g/mol. The Morgan fingerprint density at radius 2 is 2.07 bits per heavy atom. The fraction of sp³-hybridized carbons (Fsp3) is 0.727. The van der Waals surface area contributed by atoms with Gasteiger partial charge in [0.2, 0.25) is 0 Å². The molecule has 15 heavy (non-hydrogen) atoms. The van der Waals surface area contributed by atoms with Gasteiger partial charge >= 0.3 is 0 Å². The van der Waals surface area contributed by atoms with E-state index >= 15 is 0 Å². The highest BCUT2D eigenvalue weighted by molar-refractivity contribution is 7.11. The van der Waals surface area contributed by atoms with E-state index < -0.39 is 0 Å². The second-order valence-electron chi connectivity index (χ2n) is 4.87. The van der Waals surface area contributed by atoms with Crippen molar-refractivity contribution in [3.8, 4) is 0 Å². The highest BCUT2D eigenvalue weighted by atomic mass is 32.1. The number of nitrogens with zero attached hydrogens (tertiary/aromatic N) is 1. The van der Waals surface area contributed by atoms with Gasteiger partial charge in [0.05, 0.1) is 0 Å². The van der Waals surface area contributed by atoms with Crippen LogP contribution in [0.2, 0.25) is 0 Å². The molecule has 0 aliphatic heterocycles. The second kappa shape index (κ2) is 4.60. The van der Waals surface area contributed by atoms with Crippen molar-refractivity contribution >= 4 is 11.3 Å². The predicted molar refractivity (Wildman–Crippen MR) is 63.9 cm³/mol. The summed E-state index contributed by atoms with van der Waals surface area (Å²) >= 11 is 1.64. The van der Waals surface area contributed by atoms with E-state index in [1.807, 2.05) is 13.1 Å². The summed E-state index contributed by atoms with van der Waals surface area (Å²) in [7, 11) is 1.73. The summed E-state index contributed by atoms with van der Waals surface area (Å²) in [4.78, 5) is 5.50. The Balaban J connectivity index is 2.93. The number of methoxy groups -OCH3 is 1. The first-order valence-corrected chi connectivity index (χ1v) is 5.92. The summed E-state index contributed by atoms with van der Waals surface area (Å²) < 4.78 is 5.50. The molecule has 1 heterocycles. The molecule has 0 aliphatic carbocycles. The molecule has 0 aromatic carbocycles. The molecule has 0 saturated carbocycles. The van der Waals surface area contributed by atoms with Crippen molar-refractivity contribution in [1.29, 1.82) is 0 Å². The van der Waals surface area contributed by atoms with Crippen LogP contribution in [0.5, 0.6) is 0 Å². The topological polar surface area (TPSA) is 48.1 Å². The molecule has 4 heteroatoms. The number of aromatic nitrogens is 1. The lowest BCUT2D eigenvalue weighted by Crippen LogP contribution is -2.19. The summed E-state index contributed by atoms with van der Waals surface area (Å²) in [5, 5.41) is 1.01. The highest BCUT2D eigenvalue weighted by Gasteiger charge is 2.28. The molecule has 2 atom stereocenters. The minimum atomic E-state index is 0.0370. The molecule has 2 unspecified atom stereocenters. The van der Waals surface area contributed by atoms with Crippen LogP contribution in [0.25, 0.3) is 0 Å². The van der Waals surface area contributed by atoms with E-state index in [1.165, 1.54) is 0 Å². The van der Waals surface area contributed by atoms with Gasteiger partial charge in [-0.05, 0) is 12.3 Å². The van der Waals surface area contributed by atoms with Gasteiger partial charge in [0.25, 0.3) is 0 Å². The minimum absolute atomic E-state index is 0.0370. The molecule has 0 saturated heterocycles. The average Bonchev–Trinajstić information content (AvgIpc) is 2.51. The molecule has 2 N–H and O–H groups in total. The zero-order chi connectivity index (χ0) is 11.6. The molecule has 0 bridgehead atoms. The number of thiazole rings is 1. The summed E-state index contributed by atoms with van der Waals surface area (Å²) in [6.07, 6.45) is 1.89. The van der Waals surface area contributed by atoms with E-state index in [-0.39, 0.29) is 17.6 Å². The van der Waals surface area contributed by atoms with E-state index in [2.05, 4.69) is 25.8 Å². The van der Waals surface area contributed by atoms with Gasteiger partial charge in [-0.3, -0.25) is 0 Å². The first kappa shape index (κ1) is 12.6. The maximum atomic E-state index is 5.81. The standard InChI is InChI=1S/C11H20N2OS/c1-7(12)8-6-13-10(15-8)9(14-5)11(2,3)4/h6-7,9H,12H2,1-5H3. The molecular weight excluding hydrogens is 208 g/mol. The van der Waals surface area contributed by atoms with Crippen LogP contribution in [0.4, 0.5) is 0 Å². The third kappa shape index (κ3) is 3.00. The largest absolute Gasteiger partial charge is 0.374 e. The molecule has 0 spiro atoms. The van der Waals surface area contributed by atoms with Crippen LogP contribution < -0.4 is 5.73 Å².